The average molecular weight is 641 g/mol. The van der Waals surface area contributed by atoms with E-state index in [4.69, 9.17) is 42.1 Å². The number of hydrogen-bond donors (Lipinski definition) is 0. The SMILES string of the molecule is CC[C@@H](Oc1ccc([C@@H]2CCOc3cc4c(cc3C2)CN(C(=O)OC(C)(C)C)[C@H](C(=O)OC)C4)cc1)c1ccc(Cl)c(Cl)c1. The minimum Gasteiger partial charge on any atom is -0.493 e. The van der Waals surface area contributed by atoms with Crippen LogP contribution in [0.15, 0.2) is 54.6 Å². The minimum atomic E-state index is -0.761. The maximum Gasteiger partial charge on any atom is 0.411 e. The van der Waals surface area contributed by atoms with E-state index in [0.29, 0.717) is 23.1 Å². The number of ether oxygens (including phenoxy) is 4. The Morgan fingerprint density at radius 1 is 0.977 bits per heavy atom. The van der Waals surface area contributed by atoms with Crippen molar-refractivity contribution in [2.75, 3.05) is 13.7 Å². The Bertz CT molecular complexity index is 1520. The summed E-state index contributed by atoms with van der Waals surface area (Å²) in [6, 6.07) is 17.3. The van der Waals surface area contributed by atoms with Gasteiger partial charge in [-0.2, -0.15) is 0 Å². The standard InChI is InChI=1S/C35H39Cl2NO6/c1-6-31(23-9-12-28(36)29(37)17-23)43-27-10-7-21(8-11-27)22-13-14-42-32-19-24-18-30(33(39)41-5)38(34(40)44-35(2,3)4)20-26(24)16-25(32)15-22/h7-12,16-17,19,22,30-31H,6,13-15,18,20H2,1-5H3/t22-,30+,31-/m1/s1. The van der Waals surface area contributed by atoms with Gasteiger partial charge in [0.05, 0.1) is 30.3 Å². The van der Waals surface area contributed by atoms with Crippen LogP contribution in [0.2, 0.25) is 10.0 Å². The Hall–Kier alpha value is -3.42. The van der Waals surface area contributed by atoms with Crippen LogP contribution in [-0.2, 0) is 33.7 Å². The van der Waals surface area contributed by atoms with Crippen molar-refractivity contribution in [3.63, 3.8) is 0 Å². The molecule has 2 aliphatic heterocycles. The summed E-state index contributed by atoms with van der Waals surface area (Å²) in [5, 5.41) is 1.04. The molecule has 3 aromatic carbocycles. The number of halogens is 2. The molecule has 234 valence electrons. The van der Waals surface area contributed by atoms with Gasteiger partial charge in [-0.15, -0.1) is 0 Å². The molecule has 0 saturated heterocycles. The molecule has 2 heterocycles. The maximum absolute atomic E-state index is 13.1. The number of nitrogens with zero attached hydrogens (tertiary/aromatic N) is 1. The first-order chi connectivity index (χ1) is 21.0. The summed E-state index contributed by atoms with van der Waals surface area (Å²) in [5.41, 5.74) is 4.54. The van der Waals surface area contributed by atoms with E-state index in [1.54, 1.807) is 6.07 Å². The highest BCUT2D eigenvalue weighted by molar-refractivity contribution is 6.42. The second-order valence-corrected chi connectivity index (χ2v) is 13.2. The van der Waals surface area contributed by atoms with E-state index >= 15 is 0 Å². The smallest absolute Gasteiger partial charge is 0.411 e. The van der Waals surface area contributed by atoms with Crippen molar-refractivity contribution in [2.24, 2.45) is 0 Å². The molecule has 7 nitrogen and oxygen atoms in total. The molecule has 44 heavy (non-hydrogen) atoms. The number of benzene rings is 3. The fraction of sp³-hybridized carbons (Fsp3) is 0.429. The fourth-order valence-electron chi connectivity index (χ4n) is 5.87. The number of hydrogen-bond acceptors (Lipinski definition) is 6. The van der Waals surface area contributed by atoms with Crippen molar-refractivity contribution in [3.05, 3.63) is 92.5 Å². The molecule has 3 atom stereocenters. The summed E-state index contributed by atoms with van der Waals surface area (Å²) in [7, 11) is 1.34. The quantitative estimate of drug-likeness (QED) is 0.252. The van der Waals surface area contributed by atoms with Gasteiger partial charge < -0.3 is 18.9 Å². The van der Waals surface area contributed by atoms with Crippen LogP contribution in [0.1, 0.15) is 80.4 Å². The maximum atomic E-state index is 13.1. The fourth-order valence-corrected chi connectivity index (χ4v) is 6.17. The molecule has 0 saturated carbocycles. The highest BCUT2D eigenvalue weighted by atomic mass is 35.5. The summed E-state index contributed by atoms with van der Waals surface area (Å²) in [4.78, 5) is 27.3. The first-order valence-electron chi connectivity index (χ1n) is 15.0. The Morgan fingerprint density at radius 2 is 1.73 bits per heavy atom. The minimum absolute atomic E-state index is 0.140. The predicted octanol–water partition coefficient (Wildman–Crippen LogP) is 8.47. The zero-order chi connectivity index (χ0) is 31.6. The van der Waals surface area contributed by atoms with Crippen molar-refractivity contribution >= 4 is 35.3 Å². The zero-order valence-electron chi connectivity index (χ0n) is 25.8. The Balaban J connectivity index is 1.34. The van der Waals surface area contributed by atoms with Gasteiger partial charge in [0.1, 0.15) is 29.2 Å². The predicted molar refractivity (Wildman–Crippen MR) is 171 cm³/mol. The first kappa shape index (κ1) is 32.0. The lowest BCUT2D eigenvalue weighted by Crippen LogP contribution is -2.50. The monoisotopic (exact) mass is 639 g/mol. The van der Waals surface area contributed by atoms with Gasteiger partial charge in [-0.1, -0.05) is 54.4 Å². The molecular weight excluding hydrogens is 601 g/mol. The van der Waals surface area contributed by atoms with Crippen LogP contribution >= 0.6 is 23.2 Å². The largest absolute Gasteiger partial charge is 0.493 e. The lowest BCUT2D eigenvalue weighted by molar-refractivity contribution is -0.147. The number of methoxy groups -OCH3 is 1. The zero-order valence-corrected chi connectivity index (χ0v) is 27.3. The molecule has 0 aromatic heterocycles. The normalized spacial score (nSPS) is 18.7. The van der Waals surface area contributed by atoms with E-state index in [1.807, 2.05) is 51.1 Å². The van der Waals surface area contributed by atoms with Gasteiger partial charge in [0.2, 0.25) is 0 Å². The van der Waals surface area contributed by atoms with Gasteiger partial charge in [-0.3, -0.25) is 4.90 Å². The average Bonchev–Trinajstić information content (AvgIpc) is 3.20. The molecule has 0 fully saturated rings. The number of rotatable bonds is 6. The van der Waals surface area contributed by atoms with E-state index in [-0.39, 0.29) is 18.6 Å². The Morgan fingerprint density at radius 3 is 2.39 bits per heavy atom. The molecule has 0 unspecified atom stereocenters. The molecule has 0 bridgehead atoms. The number of esters is 1. The third-order valence-corrected chi connectivity index (χ3v) is 8.86. The highest BCUT2D eigenvalue weighted by Crippen LogP contribution is 2.38. The molecule has 5 rings (SSSR count). The van der Waals surface area contributed by atoms with Crippen LogP contribution in [0.4, 0.5) is 4.79 Å². The topological polar surface area (TPSA) is 74.3 Å². The molecule has 0 radical (unpaired) electrons. The van der Waals surface area contributed by atoms with Gasteiger partial charge in [0.15, 0.2) is 0 Å². The molecule has 2 aliphatic rings. The van der Waals surface area contributed by atoms with Crippen LogP contribution in [0.25, 0.3) is 0 Å². The van der Waals surface area contributed by atoms with Crippen molar-refractivity contribution in [1.82, 2.24) is 4.90 Å². The van der Waals surface area contributed by atoms with Crippen LogP contribution < -0.4 is 9.47 Å². The summed E-state index contributed by atoms with van der Waals surface area (Å²) in [6.45, 7) is 8.34. The number of fused-ring (bicyclic) bond motifs is 2. The van der Waals surface area contributed by atoms with E-state index < -0.39 is 23.7 Å². The van der Waals surface area contributed by atoms with Gasteiger partial charge in [-0.05, 0) is 104 Å². The third kappa shape index (κ3) is 7.27. The van der Waals surface area contributed by atoms with Crippen molar-refractivity contribution in [3.8, 4) is 11.5 Å². The van der Waals surface area contributed by atoms with Gasteiger partial charge in [0, 0.05) is 6.42 Å². The van der Waals surface area contributed by atoms with Crippen LogP contribution in [0.3, 0.4) is 0 Å². The highest BCUT2D eigenvalue weighted by Gasteiger charge is 2.38. The van der Waals surface area contributed by atoms with E-state index in [9.17, 15) is 9.59 Å². The van der Waals surface area contributed by atoms with Crippen molar-refractivity contribution in [2.45, 2.75) is 83.6 Å². The second kappa shape index (κ2) is 13.3. The lowest BCUT2D eigenvalue weighted by Gasteiger charge is -2.36. The number of carbonyl (C=O) groups is 2. The molecule has 0 spiro atoms. The van der Waals surface area contributed by atoms with Gasteiger partial charge in [-0.25, -0.2) is 9.59 Å². The summed E-state index contributed by atoms with van der Waals surface area (Å²) in [5.74, 6) is 1.39. The molecular formula is C35H39Cl2NO6. The molecule has 3 aromatic rings. The van der Waals surface area contributed by atoms with Crippen LogP contribution in [0.5, 0.6) is 11.5 Å². The van der Waals surface area contributed by atoms with Crippen molar-refractivity contribution < 1.29 is 28.5 Å². The molecule has 9 heteroatoms. The van der Waals surface area contributed by atoms with E-state index in [0.717, 1.165) is 53.0 Å². The number of amides is 1. The van der Waals surface area contributed by atoms with E-state index in [1.165, 1.54) is 17.6 Å². The second-order valence-electron chi connectivity index (χ2n) is 12.4. The first-order valence-corrected chi connectivity index (χ1v) is 15.8. The Labute approximate surface area is 269 Å². The molecule has 0 N–H and O–H groups in total. The summed E-state index contributed by atoms with van der Waals surface area (Å²) >= 11 is 12.3. The lowest BCUT2D eigenvalue weighted by atomic mass is 9.87. The van der Waals surface area contributed by atoms with Crippen molar-refractivity contribution in [1.29, 1.82) is 0 Å². The molecule has 0 aliphatic carbocycles. The summed E-state index contributed by atoms with van der Waals surface area (Å²) in [6.07, 6.45) is 2.09. The van der Waals surface area contributed by atoms with Gasteiger partial charge in [0.25, 0.3) is 0 Å². The van der Waals surface area contributed by atoms with Gasteiger partial charge >= 0.3 is 12.1 Å². The van der Waals surface area contributed by atoms with Crippen LogP contribution in [0, 0.1) is 0 Å². The van der Waals surface area contributed by atoms with E-state index in [2.05, 4.69) is 25.1 Å². The third-order valence-electron chi connectivity index (χ3n) is 8.12. The Kier molecular flexibility index (Phi) is 9.66. The van der Waals surface area contributed by atoms with Crippen LogP contribution in [-0.4, -0.2) is 42.3 Å². The molecule has 1 amide bonds. The number of carbonyl (C=O) groups excluding carboxylic acids is 2. The summed E-state index contributed by atoms with van der Waals surface area (Å²) < 4.78 is 23.2.